The fourth-order valence-corrected chi connectivity index (χ4v) is 3.59. The molecule has 3 rings (SSSR count). The van der Waals surface area contributed by atoms with Crippen molar-refractivity contribution in [3.63, 3.8) is 0 Å². The molecular weight excluding hydrogens is 404 g/mol. The summed E-state index contributed by atoms with van der Waals surface area (Å²) in [5.74, 6) is 0.694. The lowest BCUT2D eigenvalue weighted by atomic mass is 10.1. The molecule has 0 aromatic heterocycles. The molecule has 0 bridgehead atoms. The van der Waals surface area contributed by atoms with Crippen LogP contribution in [0.1, 0.15) is 43.9 Å². The minimum atomic E-state index is -0.551. The zero-order chi connectivity index (χ0) is 23.1. The summed E-state index contributed by atoms with van der Waals surface area (Å²) in [4.78, 5) is 26.8. The van der Waals surface area contributed by atoms with E-state index in [-0.39, 0.29) is 18.4 Å². The monoisotopic (exact) mass is 436 g/mol. The highest BCUT2D eigenvalue weighted by Crippen LogP contribution is 2.24. The molecule has 0 saturated carbocycles. The van der Waals surface area contributed by atoms with Crippen molar-refractivity contribution in [2.24, 2.45) is 0 Å². The lowest BCUT2D eigenvalue weighted by Crippen LogP contribution is -2.41. The summed E-state index contributed by atoms with van der Waals surface area (Å²) in [5, 5.41) is 2.86. The predicted molar refractivity (Wildman–Crippen MR) is 125 cm³/mol. The first-order valence-corrected chi connectivity index (χ1v) is 10.9. The fourth-order valence-electron chi connectivity index (χ4n) is 3.59. The van der Waals surface area contributed by atoms with Crippen molar-refractivity contribution < 1.29 is 19.1 Å². The number of likely N-dealkylation sites (tertiary alicyclic amines) is 1. The van der Waals surface area contributed by atoms with Crippen molar-refractivity contribution in [3.8, 4) is 5.75 Å². The topological polar surface area (TPSA) is 67.9 Å². The number of ether oxygens (including phenoxy) is 2. The van der Waals surface area contributed by atoms with Gasteiger partial charge in [0.25, 0.3) is 0 Å². The standard InChI is InChI=1S/C26H32N2O4/c1-5-19-11-12-23(31-18-20-9-7-6-8-10-20)21(15-19)16-24(29)28-14-13-22(17-28)27-25(30)32-26(2,3)4/h5-12,15,22H,1,13-14,16-18H2,2-4H3,(H,27,30)/t22-/m0/s1. The number of amides is 2. The van der Waals surface area contributed by atoms with Gasteiger partial charge in [-0.3, -0.25) is 4.79 Å². The van der Waals surface area contributed by atoms with Crippen molar-refractivity contribution in [2.45, 2.75) is 51.9 Å². The van der Waals surface area contributed by atoms with Gasteiger partial charge in [-0.1, -0.05) is 49.1 Å². The SMILES string of the molecule is C=Cc1ccc(OCc2ccccc2)c(CC(=O)N2CC[C@H](NC(=O)OC(C)(C)C)C2)c1. The van der Waals surface area contributed by atoms with E-state index < -0.39 is 11.7 Å². The van der Waals surface area contributed by atoms with Crippen LogP contribution in [0.5, 0.6) is 5.75 Å². The number of alkyl carbamates (subject to hydrolysis) is 1. The molecule has 0 radical (unpaired) electrons. The number of rotatable bonds is 7. The van der Waals surface area contributed by atoms with Crippen LogP contribution in [-0.2, 0) is 22.6 Å². The highest BCUT2D eigenvalue weighted by molar-refractivity contribution is 5.80. The first-order chi connectivity index (χ1) is 15.2. The Morgan fingerprint density at radius 1 is 1.19 bits per heavy atom. The Labute approximate surface area is 190 Å². The Bertz CT molecular complexity index is 950. The molecule has 0 spiro atoms. The van der Waals surface area contributed by atoms with Gasteiger partial charge in [-0.2, -0.15) is 0 Å². The molecule has 1 heterocycles. The first kappa shape index (κ1) is 23.4. The van der Waals surface area contributed by atoms with Crippen LogP contribution in [0.3, 0.4) is 0 Å². The molecule has 2 aromatic rings. The molecule has 1 N–H and O–H groups in total. The third-order valence-electron chi connectivity index (χ3n) is 5.16. The number of hydrogen-bond acceptors (Lipinski definition) is 4. The quantitative estimate of drug-likeness (QED) is 0.690. The summed E-state index contributed by atoms with van der Waals surface area (Å²) < 4.78 is 11.3. The van der Waals surface area contributed by atoms with Crippen molar-refractivity contribution in [2.75, 3.05) is 13.1 Å². The lowest BCUT2D eigenvalue weighted by Gasteiger charge is -2.22. The Hall–Kier alpha value is -3.28. The van der Waals surface area contributed by atoms with Crippen LogP contribution in [0.15, 0.2) is 55.1 Å². The lowest BCUT2D eigenvalue weighted by molar-refractivity contribution is -0.129. The van der Waals surface area contributed by atoms with E-state index in [1.807, 2.05) is 69.3 Å². The molecule has 2 amide bonds. The Balaban J connectivity index is 1.61. The molecule has 6 heteroatoms. The van der Waals surface area contributed by atoms with Crippen molar-refractivity contribution in [3.05, 3.63) is 71.8 Å². The largest absolute Gasteiger partial charge is 0.489 e. The van der Waals surface area contributed by atoms with E-state index >= 15 is 0 Å². The molecule has 2 aromatic carbocycles. The Morgan fingerprint density at radius 3 is 2.62 bits per heavy atom. The summed E-state index contributed by atoms with van der Waals surface area (Å²) >= 11 is 0. The van der Waals surface area contributed by atoms with Gasteiger partial charge < -0.3 is 19.7 Å². The van der Waals surface area contributed by atoms with E-state index in [1.165, 1.54) is 0 Å². The average Bonchev–Trinajstić information content (AvgIpc) is 3.20. The minimum Gasteiger partial charge on any atom is -0.489 e. The molecule has 1 saturated heterocycles. The molecule has 1 aliphatic rings. The normalized spacial score (nSPS) is 15.8. The third-order valence-corrected chi connectivity index (χ3v) is 5.16. The Morgan fingerprint density at radius 2 is 1.94 bits per heavy atom. The van der Waals surface area contributed by atoms with Gasteiger partial charge in [0.05, 0.1) is 12.5 Å². The third kappa shape index (κ3) is 6.87. The van der Waals surface area contributed by atoms with Gasteiger partial charge >= 0.3 is 6.09 Å². The van der Waals surface area contributed by atoms with Crippen molar-refractivity contribution in [1.29, 1.82) is 0 Å². The van der Waals surface area contributed by atoms with Crippen molar-refractivity contribution >= 4 is 18.1 Å². The van der Waals surface area contributed by atoms with E-state index in [0.717, 1.165) is 16.7 Å². The van der Waals surface area contributed by atoms with Gasteiger partial charge in [0, 0.05) is 18.7 Å². The van der Waals surface area contributed by atoms with Crippen LogP contribution in [0.2, 0.25) is 0 Å². The van der Waals surface area contributed by atoms with Gasteiger partial charge in [0.15, 0.2) is 0 Å². The van der Waals surface area contributed by atoms with E-state index in [2.05, 4.69) is 11.9 Å². The van der Waals surface area contributed by atoms with Crippen LogP contribution in [0.25, 0.3) is 6.08 Å². The van der Waals surface area contributed by atoms with Gasteiger partial charge in [-0.15, -0.1) is 0 Å². The second-order valence-corrected chi connectivity index (χ2v) is 8.99. The number of nitrogens with zero attached hydrogens (tertiary/aromatic N) is 1. The number of carbonyl (C=O) groups is 2. The summed E-state index contributed by atoms with van der Waals surface area (Å²) in [5.41, 5.74) is 2.27. The number of nitrogens with one attached hydrogen (secondary N) is 1. The van der Waals surface area contributed by atoms with E-state index in [0.29, 0.717) is 31.9 Å². The van der Waals surface area contributed by atoms with E-state index in [9.17, 15) is 9.59 Å². The minimum absolute atomic E-state index is 0.00395. The molecule has 0 unspecified atom stereocenters. The molecule has 1 aliphatic heterocycles. The van der Waals surface area contributed by atoms with Gasteiger partial charge in [0.2, 0.25) is 5.91 Å². The second kappa shape index (κ2) is 10.4. The van der Waals surface area contributed by atoms with Crippen LogP contribution in [0.4, 0.5) is 4.79 Å². The Kier molecular flexibility index (Phi) is 7.57. The molecule has 1 atom stereocenters. The zero-order valence-electron chi connectivity index (χ0n) is 19.1. The van der Waals surface area contributed by atoms with E-state index in [1.54, 1.807) is 11.0 Å². The van der Waals surface area contributed by atoms with Gasteiger partial charge in [0.1, 0.15) is 18.0 Å². The fraction of sp³-hybridized carbons (Fsp3) is 0.385. The summed E-state index contributed by atoms with van der Waals surface area (Å²) in [7, 11) is 0. The van der Waals surface area contributed by atoms with Crippen LogP contribution in [0, 0.1) is 0 Å². The maximum Gasteiger partial charge on any atom is 0.407 e. The number of carbonyl (C=O) groups excluding carboxylic acids is 2. The summed E-state index contributed by atoms with van der Waals surface area (Å²) in [6.45, 7) is 10.8. The van der Waals surface area contributed by atoms with Gasteiger partial charge in [-0.05, 0) is 50.5 Å². The molecule has 0 aliphatic carbocycles. The summed E-state index contributed by atoms with van der Waals surface area (Å²) in [6, 6.07) is 15.6. The van der Waals surface area contributed by atoms with Gasteiger partial charge in [-0.25, -0.2) is 4.79 Å². The molecule has 170 valence electrons. The van der Waals surface area contributed by atoms with Crippen LogP contribution < -0.4 is 10.1 Å². The van der Waals surface area contributed by atoms with E-state index in [4.69, 9.17) is 9.47 Å². The average molecular weight is 437 g/mol. The zero-order valence-corrected chi connectivity index (χ0v) is 19.1. The molecular formula is C26H32N2O4. The highest BCUT2D eigenvalue weighted by atomic mass is 16.6. The predicted octanol–water partition coefficient (Wildman–Crippen LogP) is 4.58. The second-order valence-electron chi connectivity index (χ2n) is 8.99. The van der Waals surface area contributed by atoms with Crippen LogP contribution >= 0.6 is 0 Å². The maximum atomic E-state index is 13.0. The maximum absolute atomic E-state index is 13.0. The molecule has 6 nitrogen and oxygen atoms in total. The number of hydrogen-bond donors (Lipinski definition) is 1. The summed E-state index contributed by atoms with van der Waals surface area (Å²) in [6.07, 6.45) is 2.23. The molecule has 32 heavy (non-hydrogen) atoms. The molecule has 1 fully saturated rings. The first-order valence-electron chi connectivity index (χ1n) is 10.9. The highest BCUT2D eigenvalue weighted by Gasteiger charge is 2.29. The van der Waals surface area contributed by atoms with Crippen molar-refractivity contribution in [1.82, 2.24) is 10.2 Å². The van der Waals surface area contributed by atoms with Crippen LogP contribution in [-0.4, -0.2) is 41.6 Å². The number of benzene rings is 2. The smallest absolute Gasteiger partial charge is 0.407 e.